The van der Waals surface area contributed by atoms with Crippen LogP contribution in [0.25, 0.3) is 0 Å². The zero-order chi connectivity index (χ0) is 13.2. The second kappa shape index (κ2) is 5.08. The van der Waals surface area contributed by atoms with E-state index in [1.54, 1.807) is 0 Å². The summed E-state index contributed by atoms with van der Waals surface area (Å²) < 4.78 is 50.9. The molecule has 0 spiro atoms. The van der Waals surface area contributed by atoms with E-state index < -0.39 is 18.9 Å². The standard InChI is InChI=1S/C11H16F4N2/c1-7-4-9(8(2)17(7)3)5-16-6-11(14,15)10(12)13/h4,10,16H,5-6H2,1-3H3. The topological polar surface area (TPSA) is 17.0 Å². The number of alkyl halides is 4. The van der Waals surface area contributed by atoms with Gasteiger partial charge in [-0.05, 0) is 25.5 Å². The quantitative estimate of drug-likeness (QED) is 0.797. The van der Waals surface area contributed by atoms with Gasteiger partial charge in [0.15, 0.2) is 0 Å². The maximum absolute atomic E-state index is 12.6. The van der Waals surface area contributed by atoms with Gasteiger partial charge in [0.05, 0.1) is 6.54 Å². The predicted molar refractivity (Wildman–Crippen MR) is 57.5 cm³/mol. The minimum Gasteiger partial charge on any atom is -0.352 e. The van der Waals surface area contributed by atoms with Crippen molar-refractivity contribution in [3.8, 4) is 0 Å². The van der Waals surface area contributed by atoms with Crippen LogP contribution in [-0.2, 0) is 13.6 Å². The smallest absolute Gasteiger partial charge is 0.319 e. The second-order valence-corrected chi connectivity index (χ2v) is 4.12. The molecule has 0 aromatic carbocycles. The van der Waals surface area contributed by atoms with Gasteiger partial charge in [-0.1, -0.05) is 0 Å². The van der Waals surface area contributed by atoms with Crippen LogP contribution in [0.3, 0.4) is 0 Å². The van der Waals surface area contributed by atoms with Gasteiger partial charge in [-0.25, -0.2) is 8.78 Å². The SMILES string of the molecule is Cc1cc(CNCC(F)(F)C(F)F)c(C)n1C. The van der Waals surface area contributed by atoms with Crippen molar-refractivity contribution in [3.63, 3.8) is 0 Å². The van der Waals surface area contributed by atoms with E-state index in [1.165, 1.54) is 0 Å². The zero-order valence-electron chi connectivity index (χ0n) is 10.0. The fraction of sp³-hybridized carbons (Fsp3) is 0.636. The number of nitrogens with zero attached hydrogens (tertiary/aromatic N) is 1. The summed E-state index contributed by atoms with van der Waals surface area (Å²) in [6.45, 7) is 2.90. The van der Waals surface area contributed by atoms with E-state index in [-0.39, 0.29) is 6.54 Å². The van der Waals surface area contributed by atoms with Gasteiger partial charge >= 0.3 is 12.3 Å². The van der Waals surface area contributed by atoms with Gasteiger partial charge in [-0.3, -0.25) is 0 Å². The van der Waals surface area contributed by atoms with Gasteiger partial charge < -0.3 is 9.88 Å². The number of nitrogens with one attached hydrogen (secondary N) is 1. The molecule has 0 amide bonds. The van der Waals surface area contributed by atoms with Crippen molar-refractivity contribution in [3.05, 3.63) is 23.0 Å². The summed E-state index contributed by atoms with van der Waals surface area (Å²) in [6, 6.07) is 1.85. The highest BCUT2D eigenvalue weighted by atomic mass is 19.3. The van der Waals surface area contributed by atoms with Crippen molar-refractivity contribution >= 4 is 0 Å². The second-order valence-electron chi connectivity index (χ2n) is 4.12. The molecule has 0 aliphatic carbocycles. The van der Waals surface area contributed by atoms with Gasteiger partial charge in [0, 0.05) is 25.0 Å². The summed E-state index contributed by atoms with van der Waals surface area (Å²) in [7, 11) is 1.86. The molecule has 0 saturated carbocycles. The van der Waals surface area contributed by atoms with E-state index in [1.807, 2.05) is 31.5 Å². The molecular formula is C11H16F4N2. The molecule has 98 valence electrons. The van der Waals surface area contributed by atoms with E-state index in [2.05, 4.69) is 5.32 Å². The first-order chi connectivity index (χ1) is 7.75. The minimum atomic E-state index is -3.97. The number of halogens is 4. The molecule has 0 bridgehead atoms. The fourth-order valence-electron chi connectivity index (χ4n) is 1.55. The summed E-state index contributed by atoms with van der Waals surface area (Å²) in [6.07, 6.45) is -3.63. The Morgan fingerprint density at radius 1 is 1.35 bits per heavy atom. The average molecular weight is 252 g/mol. The van der Waals surface area contributed by atoms with E-state index in [0.29, 0.717) is 0 Å². The average Bonchev–Trinajstić information content (AvgIpc) is 2.46. The van der Waals surface area contributed by atoms with Crippen LogP contribution in [0.4, 0.5) is 17.6 Å². The maximum Gasteiger partial charge on any atom is 0.319 e. The molecule has 1 aromatic heterocycles. The molecular weight excluding hydrogens is 236 g/mol. The minimum absolute atomic E-state index is 0.163. The van der Waals surface area contributed by atoms with Crippen LogP contribution in [0.15, 0.2) is 6.07 Å². The molecule has 0 aliphatic heterocycles. The Hall–Kier alpha value is -1.04. The van der Waals surface area contributed by atoms with Crippen LogP contribution in [0, 0.1) is 13.8 Å². The first kappa shape index (κ1) is 14.0. The number of hydrogen-bond donors (Lipinski definition) is 1. The Morgan fingerprint density at radius 3 is 2.35 bits per heavy atom. The normalized spacial score (nSPS) is 12.5. The lowest BCUT2D eigenvalue weighted by atomic mass is 10.2. The van der Waals surface area contributed by atoms with Gasteiger partial charge in [-0.15, -0.1) is 0 Å². The van der Waals surface area contributed by atoms with E-state index in [4.69, 9.17) is 0 Å². The molecule has 0 radical (unpaired) electrons. The van der Waals surface area contributed by atoms with E-state index in [0.717, 1.165) is 17.0 Å². The third kappa shape index (κ3) is 3.21. The fourth-order valence-corrected chi connectivity index (χ4v) is 1.55. The first-order valence-electron chi connectivity index (χ1n) is 5.24. The molecule has 2 nitrogen and oxygen atoms in total. The summed E-state index contributed by atoms with van der Waals surface area (Å²) in [5, 5.41) is 2.36. The molecule has 0 fully saturated rings. The molecule has 17 heavy (non-hydrogen) atoms. The number of aryl methyl sites for hydroxylation is 1. The van der Waals surface area contributed by atoms with Crippen molar-refractivity contribution in [1.82, 2.24) is 9.88 Å². The van der Waals surface area contributed by atoms with Crippen molar-refractivity contribution in [2.45, 2.75) is 32.7 Å². The first-order valence-corrected chi connectivity index (χ1v) is 5.24. The Balaban J connectivity index is 2.55. The third-order valence-electron chi connectivity index (χ3n) is 2.88. The molecule has 6 heteroatoms. The van der Waals surface area contributed by atoms with Crippen molar-refractivity contribution in [2.75, 3.05) is 6.54 Å². The van der Waals surface area contributed by atoms with Crippen LogP contribution in [0.2, 0.25) is 0 Å². The largest absolute Gasteiger partial charge is 0.352 e. The number of hydrogen-bond acceptors (Lipinski definition) is 1. The van der Waals surface area contributed by atoms with Crippen LogP contribution < -0.4 is 5.32 Å². The number of aromatic nitrogens is 1. The lowest BCUT2D eigenvalue weighted by Crippen LogP contribution is -2.38. The van der Waals surface area contributed by atoms with Crippen LogP contribution in [0.5, 0.6) is 0 Å². The van der Waals surface area contributed by atoms with Gasteiger partial charge in [0.2, 0.25) is 0 Å². The Labute approximate surface area is 97.6 Å². The third-order valence-corrected chi connectivity index (χ3v) is 2.88. The highest BCUT2D eigenvalue weighted by Crippen LogP contribution is 2.22. The molecule has 1 heterocycles. The van der Waals surface area contributed by atoms with Crippen LogP contribution >= 0.6 is 0 Å². The zero-order valence-corrected chi connectivity index (χ0v) is 10.0. The van der Waals surface area contributed by atoms with Gasteiger partial charge in [0.25, 0.3) is 0 Å². The maximum atomic E-state index is 12.6. The Morgan fingerprint density at radius 2 is 1.94 bits per heavy atom. The number of rotatable bonds is 5. The van der Waals surface area contributed by atoms with E-state index in [9.17, 15) is 17.6 Å². The molecule has 0 saturated heterocycles. The molecule has 1 rings (SSSR count). The van der Waals surface area contributed by atoms with E-state index >= 15 is 0 Å². The van der Waals surface area contributed by atoms with Crippen LogP contribution in [-0.4, -0.2) is 23.5 Å². The Kier molecular flexibility index (Phi) is 4.19. The molecule has 1 N–H and O–H groups in total. The molecule has 0 atom stereocenters. The Bertz CT molecular complexity index is 385. The van der Waals surface area contributed by atoms with Crippen molar-refractivity contribution < 1.29 is 17.6 Å². The van der Waals surface area contributed by atoms with Crippen molar-refractivity contribution in [1.29, 1.82) is 0 Å². The molecule has 0 aliphatic rings. The summed E-state index contributed by atoms with van der Waals surface area (Å²) in [4.78, 5) is 0. The van der Waals surface area contributed by atoms with Crippen molar-refractivity contribution in [2.24, 2.45) is 7.05 Å². The highest BCUT2D eigenvalue weighted by Gasteiger charge is 2.39. The highest BCUT2D eigenvalue weighted by molar-refractivity contribution is 5.26. The van der Waals surface area contributed by atoms with Crippen LogP contribution in [0.1, 0.15) is 17.0 Å². The summed E-state index contributed by atoms with van der Waals surface area (Å²) in [5.74, 6) is -3.97. The summed E-state index contributed by atoms with van der Waals surface area (Å²) >= 11 is 0. The summed E-state index contributed by atoms with van der Waals surface area (Å²) in [5.41, 5.74) is 2.78. The molecule has 1 aromatic rings. The van der Waals surface area contributed by atoms with Gasteiger partial charge in [-0.2, -0.15) is 8.78 Å². The lowest BCUT2D eigenvalue weighted by molar-refractivity contribution is -0.125. The monoisotopic (exact) mass is 252 g/mol. The predicted octanol–water partition coefficient (Wildman–Crippen LogP) is 2.63. The lowest BCUT2D eigenvalue weighted by Gasteiger charge is -2.15. The molecule has 0 unspecified atom stereocenters. The van der Waals surface area contributed by atoms with Gasteiger partial charge in [0.1, 0.15) is 0 Å².